The number of nitrogens with zero attached hydrogens (tertiary/aromatic N) is 1. The largest absolute Gasteiger partial charge is 0.368 e. The zero-order chi connectivity index (χ0) is 27.8. The topological polar surface area (TPSA) is 165 Å². The van der Waals surface area contributed by atoms with Gasteiger partial charge in [0.05, 0.1) is 4.90 Å². The van der Waals surface area contributed by atoms with E-state index in [2.05, 4.69) is 17.6 Å². The maximum absolute atomic E-state index is 13.2. The summed E-state index contributed by atoms with van der Waals surface area (Å²) in [5.74, 6) is -1.44. The number of carbonyl (C=O) groups is 3. The van der Waals surface area contributed by atoms with Gasteiger partial charge >= 0.3 is 0 Å². The summed E-state index contributed by atoms with van der Waals surface area (Å²) in [5.41, 5.74) is 11.0. The Morgan fingerprint density at radius 1 is 1.03 bits per heavy atom. The van der Waals surface area contributed by atoms with Crippen LogP contribution < -0.4 is 22.1 Å². The molecule has 6 N–H and O–H groups in total. The minimum Gasteiger partial charge on any atom is -0.368 e. The highest BCUT2D eigenvalue weighted by Gasteiger charge is 2.32. The molecule has 0 aliphatic carbocycles. The fourth-order valence-electron chi connectivity index (χ4n) is 3.74. The molecule has 12 heteroatoms. The van der Waals surface area contributed by atoms with Crippen molar-refractivity contribution in [3.63, 3.8) is 0 Å². The second-order valence-electron chi connectivity index (χ2n) is 9.01. The molecule has 1 rings (SSSR count). The van der Waals surface area contributed by atoms with Gasteiger partial charge in [-0.15, -0.1) is 0 Å². The zero-order valence-electron chi connectivity index (χ0n) is 21.9. The molecule has 0 radical (unpaired) electrons. The molecule has 0 saturated heterocycles. The van der Waals surface area contributed by atoms with Crippen molar-refractivity contribution in [1.29, 1.82) is 0 Å². The molecule has 0 spiro atoms. The maximum Gasteiger partial charge on any atom is 0.243 e. The Balaban J connectivity index is 2.83. The van der Waals surface area contributed by atoms with Gasteiger partial charge < -0.3 is 22.1 Å². The van der Waals surface area contributed by atoms with Gasteiger partial charge in [-0.1, -0.05) is 44.2 Å². The Kier molecular flexibility index (Phi) is 15.4. The number of benzene rings is 1. The molecule has 37 heavy (non-hydrogen) atoms. The van der Waals surface area contributed by atoms with Crippen LogP contribution in [0.5, 0.6) is 0 Å². The number of unbranched alkanes of at least 4 members (excludes halogenated alkanes) is 5. The molecule has 0 saturated carbocycles. The summed E-state index contributed by atoms with van der Waals surface area (Å²) in [5, 5.41) is 5.85. The highest BCUT2D eigenvalue weighted by atomic mass is 35.5. The van der Waals surface area contributed by atoms with Crippen molar-refractivity contribution in [3.8, 4) is 0 Å². The number of hydrogen-bond acceptors (Lipinski definition) is 6. The van der Waals surface area contributed by atoms with Crippen LogP contribution in [0, 0.1) is 0 Å². The SMILES string of the molecule is CCCCCCCC(=O)N[C@@H](CCCCN)C(=O)NCCN([C@@H](C)C(N)=O)S(=O)(=O)c1ccc(Cl)cc1. The lowest BCUT2D eigenvalue weighted by molar-refractivity contribution is -0.129. The summed E-state index contributed by atoms with van der Waals surface area (Å²) < 4.78 is 27.3. The summed E-state index contributed by atoms with van der Waals surface area (Å²) in [6.07, 6.45) is 7.15. The Labute approximate surface area is 225 Å². The van der Waals surface area contributed by atoms with Crippen molar-refractivity contribution < 1.29 is 22.8 Å². The van der Waals surface area contributed by atoms with Gasteiger partial charge in [0.15, 0.2) is 0 Å². The first-order valence-electron chi connectivity index (χ1n) is 12.9. The summed E-state index contributed by atoms with van der Waals surface area (Å²) in [6.45, 7) is 3.71. The normalized spacial score (nSPS) is 13.2. The fraction of sp³-hybridized carbons (Fsp3) is 0.640. The van der Waals surface area contributed by atoms with Gasteiger partial charge in [-0.2, -0.15) is 4.31 Å². The summed E-state index contributed by atoms with van der Waals surface area (Å²) in [6, 6.07) is 3.63. The number of halogens is 1. The Bertz CT molecular complexity index is 959. The lowest BCUT2D eigenvalue weighted by atomic mass is 10.1. The average Bonchev–Trinajstić information content (AvgIpc) is 2.85. The van der Waals surface area contributed by atoms with Crippen LogP contribution in [0.4, 0.5) is 0 Å². The van der Waals surface area contributed by atoms with E-state index in [0.717, 1.165) is 36.4 Å². The van der Waals surface area contributed by atoms with Crippen LogP contribution in [0.2, 0.25) is 5.02 Å². The highest BCUT2D eigenvalue weighted by Crippen LogP contribution is 2.20. The molecule has 210 valence electrons. The van der Waals surface area contributed by atoms with Crippen LogP contribution in [0.25, 0.3) is 0 Å². The summed E-state index contributed by atoms with van der Waals surface area (Å²) >= 11 is 5.86. The van der Waals surface area contributed by atoms with Crippen molar-refractivity contribution in [2.24, 2.45) is 11.5 Å². The molecular formula is C25H42ClN5O5S. The van der Waals surface area contributed by atoms with Gasteiger partial charge in [0.1, 0.15) is 12.1 Å². The Morgan fingerprint density at radius 2 is 1.68 bits per heavy atom. The zero-order valence-corrected chi connectivity index (χ0v) is 23.5. The molecule has 0 aliphatic rings. The third kappa shape index (κ3) is 11.8. The van der Waals surface area contributed by atoms with E-state index in [1.165, 1.54) is 31.2 Å². The molecule has 0 bridgehead atoms. The second kappa shape index (κ2) is 17.3. The predicted octanol–water partition coefficient (Wildman–Crippen LogP) is 2.30. The fourth-order valence-corrected chi connectivity index (χ4v) is 5.46. The lowest BCUT2D eigenvalue weighted by Crippen LogP contribution is -2.51. The van der Waals surface area contributed by atoms with E-state index in [-0.39, 0.29) is 23.9 Å². The van der Waals surface area contributed by atoms with Crippen LogP contribution in [0.3, 0.4) is 0 Å². The van der Waals surface area contributed by atoms with Gasteiger partial charge in [0.25, 0.3) is 0 Å². The van der Waals surface area contributed by atoms with E-state index in [9.17, 15) is 22.8 Å². The van der Waals surface area contributed by atoms with Crippen LogP contribution in [-0.2, 0) is 24.4 Å². The molecule has 0 heterocycles. The number of rotatable bonds is 19. The van der Waals surface area contributed by atoms with Crippen LogP contribution in [0.1, 0.15) is 71.6 Å². The van der Waals surface area contributed by atoms with E-state index < -0.39 is 33.9 Å². The van der Waals surface area contributed by atoms with E-state index in [1.807, 2.05) is 0 Å². The van der Waals surface area contributed by atoms with Crippen LogP contribution in [0.15, 0.2) is 29.2 Å². The van der Waals surface area contributed by atoms with E-state index in [4.69, 9.17) is 23.1 Å². The van der Waals surface area contributed by atoms with Crippen molar-refractivity contribution in [1.82, 2.24) is 14.9 Å². The van der Waals surface area contributed by atoms with Crippen molar-refractivity contribution in [2.45, 2.75) is 88.6 Å². The highest BCUT2D eigenvalue weighted by molar-refractivity contribution is 7.89. The first-order valence-corrected chi connectivity index (χ1v) is 14.7. The predicted molar refractivity (Wildman–Crippen MR) is 145 cm³/mol. The second-order valence-corrected chi connectivity index (χ2v) is 11.3. The number of nitrogens with two attached hydrogens (primary N) is 2. The smallest absolute Gasteiger partial charge is 0.243 e. The van der Waals surface area contributed by atoms with Crippen LogP contribution in [-0.4, -0.2) is 62.2 Å². The van der Waals surface area contributed by atoms with E-state index in [1.54, 1.807) is 0 Å². The minimum atomic E-state index is -4.10. The van der Waals surface area contributed by atoms with Gasteiger partial charge in [0, 0.05) is 24.5 Å². The van der Waals surface area contributed by atoms with Gasteiger partial charge in [-0.3, -0.25) is 14.4 Å². The van der Waals surface area contributed by atoms with Gasteiger partial charge in [0.2, 0.25) is 27.7 Å². The van der Waals surface area contributed by atoms with Gasteiger partial charge in [-0.25, -0.2) is 8.42 Å². The number of nitrogens with one attached hydrogen (secondary N) is 2. The van der Waals surface area contributed by atoms with Crippen molar-refractivity contribution in [2.75, 3.05) is 19.6 Å². The lowest BCUT2D eigenvalue weighted by Gasteiger charge is -2.27. The monoisotopic (exact) mass is 559 g/mol. The van der Waals surface area contributed by atoms with Crippen LogP contribution >= 0.6 is 11.6 Å². The molecule has 1 aromatic rings. The Hall–Kier alpha value is -2.21. The summed E-state index contributed by atoms with van der Waals surface area (Å²) in [4.78, 5) is 37.1. The first-order chi connectivity index (χ1) is 17.5. The van der Waals surface area contributed by atoms with Gasteiger partial charge in [-0.05, 0) is 63.4 Å². The molecule has 1 aromatic carbocycles. The molecule has 0 aromatic heterocycles. The molecule has 2 atom stereocenters. The maximum atomic E-state index is 13.2. The van der Waals surface area contributed by atoms with E-state index >= 15 is 0 Å². The van der Waals surface area contributed by atoms with Crippen molar-refractivity contribution in [3.05, 3.63) is 29.3 Å². The number of carbonyl (C=O) groups excluding carboxylic acids is 3. The molecule has 3 amide bonds. The molecule has 0 fully saturated rings. The van der Waals surface area contributed by atoms with Crippen molar-refractivity contribution >= 4 is 39.3 Å². The van der Waals surface area contributed by atoms with E-state index in [0.29, 0.717) is 37.3 Å². The standard InChI is InChI=1S/C25H42ClN5O5S/c1-3-4-5-6-7-11-23(32)30-22(10-8-9-16-27)25(34)29-17-18-31(19(2)24(28)33)37(35,36)21-14-12-20(26)13-15-21/h12-15,19,22H,3-11,16-18,27H2,1-2H3,(H2,28,33)(H,29,34)(H,30,32)/t19-,22-/m0/s1. The molecule has 10 nitrogen and oxygen atoms in total. The number of hydrogen-bond donors (Lipinski definition) is 4. The minimum absolute atomic E-state index is 0.0535. The molecule has 0 unspecified atom stereocenters. The third-order valence-electron chi connectivity index (χ3n) is 6.00. The number of primary amides is 1. The Morgan fingerprint density at radius 3 is 2.27 bits per heavy atom. The average molecular weight is 560 g/mol. The number of amides is 3. The number of sulfonamides is 1. The third-order valence-corrected chi connectivity index (χ3v) is 8.24. The molecule has 0 aliphatic heterocycles. The summed E-state index contributed by atoms with van der Waals surface area (Å²) in [7, 11) is -4.10. The quantitative estimate of drug-likeness (QED) is 0.190. The molecular weight excluding hydrogens is 518 g/mol. The first kappa shape index (κ1) is 32.8.